The van der Waals surface area contributed by atoms with Crippen molar-refractivity contribution in [3.05, 3.63) is 11.6 Å². The highest BCUT2D eigenvalue weighted by molar-refractivity contribution is 6.05. The minimum atomic E-state index is -0.418. The molecule has 4 nitrogen and oxygen atoms in total. The number of urea groups is 1. The van der Waals surface area contributed by atoms with Gasteiger partial charge in [-0.1, -0.05) is 19.9 Å². The van der Waals surface area contributed by atoms with Gasteiger partial charge in [-0.2, -0.15) is 0 Å². The second-order valence-corrected chi connectivity index (χ2v) is 5.64. The first-order chi connectivity index (χ1) is 7.50. The third-order valence-electron chi connectivity index (χ3n) is 4.62. The van der Waals surface area contributed by atoms with Crippen molar-refractivity contribution in [3.63, 3.8) is 0 Å². The third kappa shape index (κ3) is 1.10. The maximum atomic E-state index is 11.6. The van der Waals surface area contributed by atoms with Crippen LogP contribution in [-0.4, -0.2) is 18.0 Å². The second kappa shape index (κ2) is 2.87. The number of allylic oxidation sites excluding steroid dienone is 1. The number of carbonyl (C=O) groups is 2. The predicted octanol–water partition coefficient (Wildman–Crippen LogP) is 1.19. The molecule has 0 aromatic carbocycles. The Kier molecular flexibility index (Phi) is 1.77. The van der Waals surface area contributed by atoms with Crippen molar-refractivity contribution in [2.75, 3.05) is 0 Å². The predicted molar refractivity (Wildman–Crippen MR) is 58.5 cm³/mol. The van der Waals surface area contributed by atoms with E-state index >= 15 is 0 Å². The first-order valence-corrected chi connectivity index (χ1v) is 5.81. The van der Waals surface area contributed by atoms with Gasteiger partial charge in [-0.05, 0) is 35.7 Å². The van der Waals surface area contributed by atoms with Crippen molar-refractivity contribution >= 4 is 11.9 Å². The molecule has 4 rings (SSSR count). The molecule has 3 atom stereocenters. The van der Waals surface area contributed by atoms with Crippen molar-refractivity contribution in [2.45, 2.75) is 32.7 Å². The standard InChI is InChI=1S/C12H16N2O2/c1-12(2)6-3-4-7(8(12)5-6)9-10(15)14-11(16)13-9/h4,6,8-9H,3,5H2,1-2H3,(H2,13,14,15,16)/t6-,8+,9?/m0/s1. The second-order valence-electron chi connectivity index (χ2n) is 5.64. The van der Waals surface area contributed by atoms with Crippen molar-refractivity contribution < 1.29 is 9.59 Å². The molecule has 1 aliphatic heterocycles. The molecule has 16 heavy (non-hydrogen) atoms. The van der Waals surface area contributed by atoms with Gasteiger partial charge < -0.3 is 5.32 Å². The van der Waals surface area contributed by atoms with E-state index in [1.165, 1.54) is 6.42 Å². The van der Waals surface area contributed by atoms with Gasteiger partial charge in [0.1, 0.15) is 6.04 Å². The monoisotopic (exact) mass is 220 g/mol. The smallest absolute Gasteiger partial charge is 0.322 e. The van der Waals surface area contributed by atoms with E-state index in [1.807, 2.05) is 0 Å². The summed E-state index contributed by atoms with van der Waals surface area (Å²) in [6, 6.07) is -0.784. The van der Waals surface area contributed by atoms with Crippen molar-refractivity contribution in [3.8, 4) is 0 Å². The summed E-state index contributed by atoms with van der Waals surface area (Å²) in [5.74, 6) is 1.01. The Labute approximate surface area is 94.5 Å². The van der Waals surface area contributed by atoms with Crippen LogP contribution in [-0.2, 0) is 4.79 Å². The summed E-state index contributed by atoms with van der Waals surface area (Å²) in [4.78, 5) is 22.7. The lowest BCUT2D eigenvalue weighted by molar-refractivity contribution is -0.120. The summed E-state index contributed by atoms with van der Waals surface area (Å²) >= 11 is 0. The van der Waals surface area contributed by atoms with E-state index in [2.05, 4.69) is 30.6 Å². The summed E-state index contributed by atoms with van der Waals surface area (Å²) < 4.78 is 0. The highest BCUT2D eigenvalue weighted by atomic mass is 16.2. The van der Waals surface area contributed by atoms with Gasteiger partial charge in [0.2, 0.25) is 0 Å². The Morgan fingerprint density at radius 2 is 2.12 bits per heavy atom. The van der Waals surface area contributed by atoms with Crippen LogP contribution in [0.2, 0.25) is 0 Å². The van der Waals surface area contributed by atoms with E-state index in [4.69, 9.17) is 0 Å². The molecule has 0 radical (unpaired) electrons. The van der Waals surface area contributed by atoms with Crippen molar-refractivity contribution in [1.29, 1.82) is 0 Å². The Bertz CT molecular complexity index is 411. The fraction of sp³-hybridized carbons (Fsp3) is 0.667. The number of nitrogens with one attached hydrogen (secondary N) is 2. The summed E-state index contributed by atoms with van der Waals surface area (Å²) in [6.07, 6.45) is 4.36. The molecule has 4 heteroatoms. The fourth-order valence-corrected chi connectivity index (χ4v) is 3.37. The molecule has 1 heterocycles. The van der Waals surface area contributed by atoms with E-state index in [0.717, 1.165) is 17.9 Å². The quantitative estimate of drug-likeness (QED) is 0.515. The highest BCUT2D eigenvalue weighted by Gasteiger charge is 2.54. The van der Waals surface area contributed by atoms with Crippen LogP contribution in [0.15, 0.2) is 11.6 Å². The Morgan fingerprint density at radius 1 is 1.38 bits per heavy atom. The average molecular weight is 220 g/mol. The maximum absolute atomic E-state index is 11.6. The van der Waals surface area contributed by atoms with Crippen molar-refractivity contribution in [1.82, 2.24) is 10.6 Å². The lowest BCUT2D eigenvalue weighted by Crippen LogP contribution is -2.52. The van der Waals surface area contributed by atoms with Crippen LogP contribution in [0.3, 0.4) is 0 Å². The molecule has 4 aliphatic rings. The van der Waals surface area contributed by atoms with Gasteiger partial charge in [-0.15, -0.1) is 0 Å². The molecule has 2 fully saturated rings. The van der Waals surface area contributed by atoms with Crippen molar-refractivity contribution in [2.24, 2.45) is 17.3 Å². The Hall–Kier alpha value is -1.32. The van der Waals surface area contributed by atoms with Crippen LogP contribution in [0.25, 0.3) is 0 Å². The lowest BCUT2D eigenvalue weighted by atomic mass is 9.48. The zero-order chi connectivity index (χ0) is 11.5. The number of fused-ring (bicyclic) bond motifs is 1. The van der Waals surface area contributed by atoms with E-state index in [-0.39, 0.29) is 17.4 Å². The van der Waals surface area contributed by atoms with Crippen LogP contribution >= 0.6 is 0 Å². The van der Waals surface area contributed by atoms with Gasteiger partial charge in [-0.3, -0.25) is 10.1 Å². The Balaban J connectivity index is 1.89. The molecule has 2 bridgehead atoms. The van der Waals surface area contributed by atoms with Crippen LogP contribution in [0, 0.1) is 17.3 Å². The molecule has 3 amide bonds. The van der Waals surface area contributed by atoms with E-state index in [1.54, 1.807) is 0 Å². The van der Waals surface area contributed by atoms with Crippen LogP contribution in [0.5, 0.6) is 0 Å². The number of carbonyl (C=O) groups excluding carboxylic acids is 2. The minimum Gasteiger partial charge on any atom is -0.322 e. The Morgan fingerprint density at radius 3 is 2.62 bits per heavy atom. The molecule has 0 spiro atoms. The molecule has 86 valence electrons. The van der Waals surface area contributed by atoms with Crippen LogP contribution < -0.4 is 10.6 Å². The number of hydrogen-bond acceptors (Lipinski definition) is 2. The largest absolute Gasteiger partial charge is 0.322 e. The molecule has 3 aliphatic carbocycles. The SMILES string of the molecule is CC1(C)[C@H]2CC=C(C3NC(=O)NC3=O)[C@H]1C2. The van der Waals surface area contributed by atoms with E-state index < -0.39 is 6.04 Å². The van der Waals surface area contributed by atoms with Gasteiger partial charge in [0.05, 0.1) is 0 Å². The number of amides is 3. The lowest BCUT2D eigenvalue weighted by Gasteiger charge is -2.57. The number of imide groups is 1. The van der Waals surface area contributed by atoms with E-state index in [9.17, 15) is 9.59 Å². The number of hydrogen-bond donors (Lipinski definition) is 2. The van der Waals surface area contributed by atoms with E-state index in [0.29, 0.717) is 5.92 Å². The van der Waals surface area contributed by atoms with Gasteiger partial charge in [0, 0.05) is 0 Å². The molecule has 1 saturated heterocycles. The van der Waals surface area contributed by atoms with Gasteiger partial charge in [0.25, 0.3) is 5.91 Å². The highest BCUT2D eigenvalue weighted by Crippen LogP contribution is 2.59. The van der Waals surface area contributed by atoms with Gasteiger partial charge in [0.15, 0.2) is 0 Å². The first kappa shape index (κ1) is 9.87. The molecular formula is C12H16N2O2. The first-order valence-electron chi connectivity index (χ1n) is 5.81. The van der Waals surface area contributed by atoms with Gasteiger partial charge >= 0.3 is 6.03 Å². The summed E-state index contributed by atoms with van der Waals surface area (Å²) in [5.41, 5.74) is 1.41. The van der Waals surface area contributed by atoms with Crippen LogP contribution in [0.1, 0.15) is 26.7 Å². The normalized spacial score (nSPS) is 39.6. The maximum Gasteiger partial charge on any atom is 0.322 e. The average Bonchev–Trinajstić information content (AvgIpc) is 2.57. The zero-order valence-corrected chi connectivity index (χ0v) is 9.54. The molecule has 0 aromatic heterocycles. The van der Waals surface area contributed by atoms with Crippen LogP contribution in [0.4, 0.5) is 4.79 Å². The minimum absolute atomic E-state index is 0.197. The third-order valence-corrected chi connectivity index (χ3v) is 4.62. The molecule has 0 aromatic rings. The number of rotatable bonds is 1. The summed E-state index contributed by atoms with van der Waals surface area (Å²) in [7, 11) is 0. The zero-order valence-electron chi connectivity index (χ0n) is 9.54. The molecule has 1 saturated carbocycles. The topological polar surface area (TPSA) is 58.2 Å². The molecule has 1 unspecified atom stereocenters. The molecule has 2 N–H and O–H groups in total. The molecular weight excluding hydrogens is 204 g/mol. The van der Waals surface area contributed by atoms with Gasteiger partial charge in [-0.25, -0.2) is 4.79 Å². The summed E-state index contributed by atoms with van der Waals surface area (Å²) in [5, 5.41) is 5.00. The fourth-order valence-electron chi connectivity index (χ4n) is 3.37. The summed E-state index contributed by atoms with van der Waals surface area (Å²) in [6.45, 7) is 4.51.